The summed E-state index contributed by atoms with van der Waals surface area (Å²) in [6.45, 7) is 0.419. The molecule has 9 heteroatoms. The first-order valence-corrected chi connectivity index (χ1v) is 12.4. The normalized spacial score (nSPS) is 15.1. The van der Waals surface area contributed by atoms with E-state index in [-0.39, 0.29) is 30.9 Å². The molecule has 0 unspecified atom stereocenters. The molecule has 0 aliphatic carbocycles. The Morgan fingerprint density at radius 2 is 1.89 bits per heavy atom. The Hall–Kier alpha value is -3.20. The van der Waals surface area contributed by atoms with Crippen molar-refractivity contribution in [2.75, 3.05) is 33.9 Å². The molecule has 2 aromatic carbocycles. The van der Waals surface area contributed by atoms with Gasteiger partial charge in [0, 0.05) is 30.7 Å². The zero-order valence-electron chi connectivity index (χ0n) is 19.5. The number of carbonyl (C=O) groups is 2. The van der Waals surface area contributed by atoms with Crippen molar-refractivity contribution in [2.24, 2.45) is 5.10 Å². The summed E-state index contributed by atoms with van der Waals surface area (Å²) in [6.07, 6.45) is 0.542. The lowest BCUT2D eigenvalue weighted by Crippen LogP contribution is -2.42. The standard InChI is InChI=1S/C26H26ClN3O4S/c1-33-14-13-29(26(32)18-9-11-19(34-2)12-10-18)17-25(31)30-23(20-6-3-4-7-21(20)27)16-22(28-30)24-8-5-15-35-24/h3-12,15,23H,13-14,16-17H2,1-2H3/t23-/m1/s1. The van der Waals surface area contributed by atoms with E-state index >= 15 is 0 Å². The van der Waals surface area contributed by atoms with Crippen LogP contribution in [0.3, 0.4) is 0 Å². The first-order chi connectivity index (χ1) is 17.0. The lowest BCUT2D eigenvalue weighted by molar-refractivity contribution is -0.133. The molecule has 1 atom stereocenters. The number of nitrogens with zero attached hydrogens (tertiary/aromatic N) is 3. The molecule has 0 fully saturated rings. The molecule has 182 valence electrons. The summed E-state index contributed by atoms with van der Waals surface area (Å²) in [4.78, 5) is 29.3. The van der Waals surface area contributed by atoms with Gasteiger partial charge in [0.05, 0.1) is 30.3 Å². The molecule has 35 heavy (non-hydrogen) atoms. The van der Waals surface area contributed by atoms with Crippen molar-refractivity contribution in [2.45, 2.75) is 12.5 Å². The number of ether oxygens (including phenoxy) is 2. The second-order valence-electron chi connectivity index (χ2n) is 7.95. The van der Waals surface area contributed by atoms with Gasteiger partial charge in [0.1, 0.15) is 12.3 Å². The number of halogens is 1. The molecule has 0 N–H and O–H groups in total. The molecule has 0 spiro atoms. The molecule has 2 amide bonds. The van der Waals surface area contributed by atoms with Crippen molar-refractivity contribution >= 4 is 40.5 Å². The number of amides is 2. The first-order valence-electron chi connectivity index (χ1n) is 11.1. The average molecular weight is 512 g/mol. The number of hydrogen-bond acceptors (Lipinski definition) is 6. The Bertz CT molecular complexity index is 1200. The molecule has 1 aliphatic heterocycles. The summed E-state index contributed by atoms with van der Waals surface area (Å²) in [6, 6.07) is 17.8. The summed E-state index contributed by atoms with van der Waals surface area (Å²) in [5, 5.41) is 8.71. The van der Waals surface area contributed by atoms with Crippen LogP contribution in [0.25, 0.3) is 0 Å². The van der Waals surface area contributed by atoms with Crippen LogP contribution in [0.4, 0.5) is 0 Å². The highest BCUT2D eigenvalue weighted by molar-refractivity contribution is 7.12. The van der Waals surface area contributed by atoms with Crippen molar-refractivity contribution in [1.29, 1.82) is 0 Å². The molecule has 1 aliphatic rings. The molecular weight excluding hydrogens is 486 g/mol. The van der Waals surface area contributed by atoms with Gasteiger partial charge in [-0.05, 0) is 47.3 Å². The van der Waals surface area contributed by atoms with Gasteiger partial charge in [-0.2, -0.15) is 5.10 Å². The molecular formula is C26H26ClN3O4S. The molecule has 1 aromatic heterocycles. The maximum Gasteiger partial charge on any atom is 0.262 e. The van der Waals surface area contributed by atoms with Crippen LogP contribution < -0.4 is 4.74 Å². The Kier molecular flexibility index (Phi) is 8.17. The zero-order chi connectivity index (χ0) is 24.8. The molecule has 3 aromatic rings. The number of rotatable bonds is 9. The van der Waals surface area contributed by atoms with Crippen LogP contribution in [0.15, 0.2) is 71.1 Å². The van der Waals surface area contributed by atoms with E-state index in [4.69, 9.17) is 21.1 Å². The fourth-order valence-corrected chi connectivity index (χ4v) is 4.91. The number of hydrogen-bond donors (Lipinski definition) is 0. The maximum absolute atomic E-state index is 13.6. The maximum atomic E-state index is 13.6. The van der Waals surface area contributed by atoms with Crippen LogP contribution in [0, 0.1) is 0 Å². The third-order valence-corrected chi connectivity index (χ3v) is 7.01. The minimum absolute atomic E-state index is 0.142. The summed E-state index contributed by atoms with van der Waals surface area (Å²) >= 11 is 8.07. The monoisotopic (exact) mass is 511 g/mol. The van der Waals surface area contributed by atoms with Gasteiger partial charge in [-0.25, -0.2) is 5.01 Å². The third-order valence-electron chi connectivity index (χ3n) is 5.75. The molecule has 0 radical (unpaired) electrons. The van der Waals surface area contributed by atoms with Gasteiger partial charge in [-0.15, -0.1) is 11.3 Å². The Balaban J connectivity index is 1.60. The van der Waals surface area contributed by atoms with Gasteiger partial charge in [-0.3, -0.25) is 9.59 Å². The quantitative estimate of drug-likeness (QED) is 0.410. The van der Waals surface area contributed by atoms with Crippen LogP contribution in [0.1, 0.15) is 33.3 Å². The van der Waals surface area contributed by atoms with E-state index in [9.17, 15) is 9.59 Å². The predicted octanol–water partition coefficient (Wildman–Crippen LogP) is 4.88. The van der Waals surface area contributed by atoms with Gasteiger partial charge < -0.3 is 14.4 Å². The van der Waals surface area contributed by atoms with Crippen LogP contribution in [-0.2, 0) is 9.53 Å². The second kappa shape index (κ2) is 11.5. The lowest BCUT2D eigenvalue weighted by Gasteiger charge is -2.27. The van der Waals surface area contributed by atoms with Crippen molar-refractivity contribution in [1.82, 2.24) is 9.91 Å². The van der Waals surface area contributed by atoms with Crippen LogP contribution in [-0.4, -0.2) is 61.4 Å². The minimum atomic E-state index is -0.353. The molecule has 0 saturated carbocycles. The molecule has 7 nitrogen and oxygen atoms in total. The van der Waals surface area contributed by atoms with Crippen molar-refractivity contribution < 1.29 is 19.1 Å². The van der Waals surface area contributed by atoms with Crippen molar-refractivity contribution in [3.63, 3.8) is 0 Å². The fourth-order valence-electron chi connectivity index (χ4n) is 3.93. The van der Waals surface area contributed by atoms with E-state index in [1.807, 2.05) is 35.7 Å². The minimum Gasteiger partial charge on any atom is -0.497 e. The van der Waals surface area contributed by atoms with Gasteiger partial charge in [0.2, 0.25) is 0 Å². The van der Waals surface area contributed by atoms with Gasteiger partial charge >= 0.3 is 0 Å². The molecule has 0 bridgehead atoms. The Morgan fingerprint density at radius 3 is 2.54 bits per heavy atom. The van der Waals surface area contributed by atoms with E-state index in [0.717, 1.165) is 16.2 Å². The van der Waals surface area contributed by atoms with Gasteiger partial charge in [0.15, 0.2) is 0 Å². The molecule has 4 rings (SSSR count). The smallest absolute Gasteiger partial charge is 0.262 e. The van der Waals surface area contributed by atoms with E-state index in [1.165, 1.54) is 9.91 Å². The summed E-state index contributed by atoms with van der Waals surface area (Å²) in [5.41, 5.74) is 2.10. The molecule has 2 heterocycles. The average Bonchev–Trinajstić information content (AvgIpc) is 3.57. The molecule has 0 saturated heterocycles. The van der Waals surface area contributed by atoms with Crippen LogP contribution >= 0.6 is 22.9 Å². The third kappa shape index (κ3) is 5.73. The second-order valence-corrected chi connectivity index (χ2v) is 9.31. The number of benzene rings is 2. The summed E-state index contributed by atoms with van der Waals surface area (Å²) < 4.78 is 10.4. The van der Waals surface area contributed by atoms with Gasteiger partial charge in [0.25, 0.3) is 11.8 Å². The summed E-state index contributed by atoms with van der Waals surface area (Å²) in [5.74, 6) is 0.0876. The number of hydrazone groups is 1. The van der Waals surface area contributed by atoms with Crippen molar-refractivity contribution in [3.8, 4) is 5.75 Å². The number of methoxy groups -OCH3 is 2. The Labute approximate surface area is 213 Å². The van der Waals surface area contributed by atoms with Crippen LogP contribution in [0.5, 0.6) is 5.75 Å². The lowest BCUT2D eigenvalue weighted by atomic mass is 10.0. The highest BCUT2D eigenvalue weighted by atomic mass is 35.5. The Morgan fingerprint density at radius 1 is 1.11 bits per heavy atom. The zero-order valence-corrected chi connectivity index (χ0v) is 21.1. The topological polar surface area (TPSA) is 71.4 Å². The van der Waals surface area contributed by atoms with Gasteiger partial charge in [-0.1, -0.05) is 35.9 Å². The highest BCUT2D eigenvalue weighted by Crippen LogP contribution is 2.37. The van der Waals surface area contributed by atoms with E-state index in [1.54, 1.807) is 55.9 Å². The largest absolute Gasteiger partial charge is 0.497 e. The van der Waals surface area contributed by atoms with E-state index in [0.29, 0.717) is 29.4 Å². The highest BCUT2D eigenvalue weighted by Gasteiger charge is 2.35. The van der Waals surface area contributed by atoms with Crippen LogP contribution in [0.2, 0.25) is 5.02 Å². The fraction of sp³-hybridized carbons (Fsp3) is 0.269. The first kappa shape index (κ1) is 24.9. The SMILES string of the molecule is COCCN(CC(=O)N1N=C(c2cccs2)C[C@@H]1c1ccccc1Cl)C(=O)c1ccc(OC)cc1. The van der Waals surface area contributed by atoms with Crippen molar-refractivity contribution in [3.05, 3.63) is 87.1 Å². The number of carbonyl (C=O) groups excluding carboxylic acids is 2. The number of thiophene rings is 1. The predicted molar refractivity (Wildman–Crippen MR) is 137 cm³/mol. The van der Waals surface area contributed by atoms with E-state index < -0.39 is 0 Å². The van der Waals surface area contributed by atoms with E-state index in [2.05, 4.69) is 5.10 Å². The summed E-state index contributed by atoms with van der Waals surface area (Å²) in [7, 11) is 3.13.